The third kappa shape index (κ3) is 4.66. The summed E-state index contributed by atoms with van der Waals surface area (Å²) in [5.41, 5.74) is 0.513. The highest BCUT2D eigenvalue weighted by Gasteiger charge is 2.07. The maximum Gasteiger partial charge on any atom is 0.252 e. The molecule has 0 aliphatic heterocycles. The lowest BCUT2D eigenvalue weighted by Gasteiger charge is -2.07. The molecule has 0 saturated heterocycles. The van der Waals surface area contributed by atoms with Gasteiger partial charge in [-0.25, -0.2) is 0 Å². The molecule has 4 nitrogen and oxygen atoms in total. The maximum atomic E-state index is 11.7. The van der Waals surface area contributed by atoms with Gasteiger partial charge in [-0.1, -0.05) is 12.1 Å². The summed E-state index contributed by atoms with van der Waals surface area (Å²) in [5.74, 6) is -0.542. The van der Waals surface area contributed by atoms with Crippen molar-refractivity contribution in [1.82, 2.24) is 10.6 Å². The molecule has 92 valence electrons. The molecule has 2 N–H and O–H groups in total. The molecule has 0 fully saturated rings. The second-order valence-electron chi connectivity index (χ2n) is 3.26. The van der Waals surface area contributed by atoms with E-state index in [1.165, 1.54) is 0 Å². The van der Waals surface area contributed by atoms with Gasteiger partial charge in [0, 0.05) is 18.0 Å². The average molecular weight is 273 g/mol. The van der Waals surface area contributed by atoms with Gasteiger partial charge in [0.2, 0.25) is 5.91 Å². The minimum atomic E-state index is -0.254. The predicted molar refractivity (Wildman–Crippen MR) is 69.8 cm³/mol. The molecule has 0 radical (unpaired) electrons. The fourth-order valence-corrected chi connectivity index (χ4v) is 1.54. The van der Waals surface area contributed by atoms with E-state index in [0.29, 0.717) is 23.5 Å². The number of alkyl halides is 1. The zero-order valence-electron chi connectivity index (χ0n) is 9.07. The first-order valence-electron chi connectivity index (χ1n) is 5.04. The van der Waals surface area contributed by atoms with Crippen molar-refractivity contribution in [2.24, 2.45) is 0 Å². The quantitative estimate of drug-likeness (QED) is 0.426. The fourth-order valence-electron chi connectivity index (χ4n) is 1.19. The van der Waals surface area contributed by atoms with Crippen LogP contribution >= 0.6 is 24.2 Å². The third-order valence-corrected chi connectivity index (χ3v) is 2.64. The van der Waals surface area contributed by atoms with E-state index < -0.39 is 0 Å². The molecule has 0 unspecified atom stereocenters. The van der Waals surface area contributed by atoms with Gasteiger partial charge in [0.05, 0.1) is 5.56 Å². The summed E-state index contributed by atoms with van der Waals surface area (Å²) in [5, 5.41) is 5.22. The van der Waals surface area contributed by atoms with Crippen LogP contribution in [-0.4, -0.2) is 30.8 Å². The first kappa shape index (κ1) is 13.9. The molecule has 1 aromatic rings. The number of halogens is 1. The number of hydrogen-bond donors (Lipinski definition) is 3. The molecular formula is C11H13ClN2O2S. The highest BCUT2D eigenvalue weighted by atomic mass is 35.5. The summed E-state index contributed by atoms with van der Waals surface area (Å²) in [6.07, 6.45) is 0. The predicted octanol–water partition coefficient (Wildman–Crippen LogP) is 1.06. The monoisotopic (exact) mass is 272 g/mol. The Morgan fingerprint density at radius 1 is 1.18 bits per heavy atom. The summed E-state index contributed by atoms with van der Waals surface area (Å²) >= 11 is 9.48. The molecule has 1 rings (SSSR count). The van der Waals surface area contributed by atoms with Crippen molar-refractivity contribution in [3.63, 3.8) is 0 Å². The molecule has 6 heteroatoms. The van der Waals surface area contributed by atoms with Crippen molar-refractivity contribution >= 4 is 36.0 Å². The van der Waals surface area contributed by atoms with Gasteiger partial charge >= 0.3 is 0 Å². The lowest BCUT2D eigenvalue weighted by atomic mass is 10.2. The molecule has 0 aromatic heterocycles. The van der Waals surface area contributed by atoms with Gasteiger partial charge in [0.1, 0.15) is 5.88 Å². The SMILES string of the molecule is O=C(CCl)NCCNC(=O)c1ccccc1S. The van der Waals surface area contributed by atoms with E-state index in [0.717, 1.165) is 0 Å². The zero-order chi connectivity index (χ0) is 12.7. The van der Waals surface area contributed by atoms with Crippen molar-refractivity contribution in [2.75, 3.05) is 19.0 Å². The van der Waals surface area contributed by atoms with Crippen LogP contribution in [-0.2, 0) is 4.79 Å². The molecule has 0 aliphatic rings. The summed E-state index contributed by atoms with van der Waals surface area (Å²) in [6, 6.07) is 7.01. The molecule has 2 amide bonds. The van der Waals surface area contributed by atoms with Gasteiger partial charge < -0.3 is 10.6 Å². The Morgan fingerprint density at radius 2 is 1.82 bits per heavy atom. The minimum absolute atomic E-state index is 0.0760. The van der Waals surface area contributed by atoms with Crippen molar-refractivity contribution in [1.29, 1.82) is 0 Å². The lowest BCUT2D eigenvalue weighted by Crippen LogP contribution is -2.35. The topological polar surface area (TPSA) is 58.2 Å². The minimum Gasteiger partial charge on any atom is -0.353 e. The van der Waals surface area contributed by atoms with Gasteiger partial charge in [0.15, 0.2) is 0 Å². The second kappa shape index (κ2) is 7.19. The summed E-state index contributed by atoms with van der Waals surface area (Å²) in [7, 11) is 0. The van der Waals surface area contributed by atoms with Gasteiger partial charge in [0.25, 0.3) is 5.91 Å². The van der Waals surface area contributed by atoms with Crippen LogP contribution < -0.4 is 10.6 Å². The van der Waals surface area contributed by atoms with Crippen molar-refractivity contribution < 1.29 is 9.59 Å². The Hall–Kier alpha value is -1.20. The normalized spacial score (nSPS) is 9.76. The van der Waals surface area contributed by atoms with Crippen LogP contribution in [0.3, 0.4) is 0 Å². The van der Waals surface area contributed by atoms with E-state index >= 15 is 0 Å². The van der Waals surface area contributed by atoms with E-state index in [2.05, 4.69) is 23.3 Å². The molecule has 1 aromatic carbocycles. The number of amides is 2. The Balaban J connectivity index is 2.36. The van der Waals surface area contributed by atoms with E-state index in [1.807, 2.05) is 0 Å². The summed E-state index contributed by atoms with van der Waals surface area (Å²) in [4.78, 5) is 23.1. The van der Waals surface area contributed by atoms with Gasteiger partial charge in [-0.2, -0.15) is 0 Å². The number of rotatable bonds is 5. The van der Waals surface area contributed by atoms with Crippen molar-refractivity contribution in [3.8, 4) is 0 Å². The molecule has 0 spiro atoms. The summed E-state index contributed by atoms with van der Waals surface area (Å²) in [6.45, 7) is 0.704. The smallest absolute Gasteiger partial charge is 0.252 e. The van der Waals surface area contributed by atoms with Crippen LogP contribution in [0.25, 0.3) is 0 Å². The number of benzene rings is 1. The van der Waals surface area contributed by atoms with Gasteiger partial charge in [-0.3, -0.25) is 9.59 Å². The number of nitrogens with one attached hydrogen (secondary N) is 2. The van der Waals surface area contributed by atoms with Gasteiger partial charge in [-0.05, 0) is 12.1 Å². The Kier molecular flexibility index (Phi) is 5.86. The van der Waals surface area contributed by atoms with E-state index in [4.69, 9.17) is 11.6 Å². The van der Waals surface area contributed by atoms with Crippen molar-refractivity contribution in [2.45, 2.75) is 4.90 Å². The van der Waals surface area contributed by atoms with Crippen LogP contribution in [0.4, 0.5) is 0 Å². The van der Waals surface area contributed by atoms with Crippen LogP contribution in [0.15, 0.2) is 29.2 Å². The summed E-state index contributed by atoms with van der Waals surface area (Å²) < 4.78 is 0. The standard InChI is InChI=1S/C11H13ClN2O2S/c12-7-10(15)13-5-6-14-11(16)8-3-1-2-4-9(8)17/h1-4,17H,5-7H2,(H,13,15)(H,14,16). The Bertz CT molecular complexity index is 412. The molecule has 0 heterocycles. The van der Waals surface area contributed by atoms with Crippen LogP contribution in [0.1, 0.15) is 10.4 Å². The molecule has 0 atom stereocenters. The van der Waals surface area contributed by atoms with Crippen LogP contribution in [0.2, 0.25) is 0 Å². The highest BCUT2D eigenvalue weighted by molar-refractivity contribution is 7.80. The molecule has 0 bridgehead atoms. The molecule has 17 heavy (non-hydrogen) atoms. The first-order valence-corrected chi connectivity index (χ1v) is 6.02. The largest absolute Gasteiger partial charge is 0.353 e. The molecule has 0 saturated carbocycles. The Morgan fingerprint density at radius 3 is 2.47 bits per heavy atom. The zero-order valence-corrected chi connectivity index (χ0v) is 10.7. The van der Waals surface area contributed by atoms with Crippen LogP contribution in [0, 0.1) is 0 Å². The lowest BCUT2D eigenvalue weighted by molar-refractivity contribution is -0.118. The highest BCUT2D eigenvalue weighted by Crippen LogP contribution is 2.12. The number of carbonyl (C=O) groups excluding carboxylic acids is 2. The second-order valence-corrected chi connectivity index (χ2v) is 4.01. The number of carbonyl (C=O) groups is 2. The third-order valence-electron chi connectivity index (χ3n) is 2.00. The van der Waals surface area contributed by atoms with Crippen LogP contribution in [0.5, 0.6) is 0 Å². The van der Waals surface area contributed by atoms with E-state index in [9.17, 15) is 9.59 Å². The number of thiol groups is 1. The maximum absolute atomic E-state index is 11.7. The molecule has 0 aliphatic carbocycles. The molecular weight excluding hydrogens is 260 g/mol. The Labute approximate surface area is 110 Å². The first-order chi connectivity index (χ1) is 8.15. The average Bonchev–Trinajstić information content (AvgIpc) is 2.34. The number of hydrogen-bond acceptors (Lipinski definition) is 3. The van der Waals surface area contributed by atoms with E-state index in [1.54, 1.807) is 24.3 Å². The van der Waals surface area contributed by atoms with E-state index in [-0.39, 0.29) is 17.7 Å². The van der Waals surface area contributed by atoms with Crippen molar-refractivity contribution in [3.05, 3.63) is 29.8 Å². The fraction of sp³-hybridized carbons (Fsp3) is 0.273. The van der Waals surface area contributed by atoms with Gasteiger partial charge in [-0.15, -0.1) is 24.2 Å².